The van der Waals surface area contributed by atoms with E-state index in [0.29, 0.717) is 29.1 Å². The van der Waals surface area contributed by atoms with Gasteiger partial charge in [0.1, 0.15) is 11.5 Å². The molecule has 0 saturated heterocycles. The largest absolute Gasteiger partial charge is 0.497 e. The van der Waals surface area contributed by atoms with Crippen LogP contribution in [0.1, 0.15) is 79.8 Å². The van der Waals surface area contributed by atoms with Gasteiger partial charge in [-0.15, -0.1) is 0 Å². The average molecular weight is 449 g/mol. The zero-order valence-electron chi connectivity index (χ0n) is 20.1. The van der Waals surface area contributed by atoms with Crippen LogP contribution in [0.2, 0.25) is 0 Å². The number of carbonyl (C=O) groups is 1. The van der Waals surface area contributed by atoms with Crippen LogP contribution in [0.5, 0.6) is 5.75 Å². The Kier molecular flexibility index (Phi) is 4.85. The van der Waals surface area contributed by atoms with Gasteiger partial charge in [-0.1, -0.05) is 13.8 Å². The lowest BCUT2D eigenvalue weighted by Crippen LogP contribution is -2.54. The molecule has 0 spiro atoms. The summed E-state index contributed by atoms with van der Waals surface area (Å²) in [5.74, 6) is 4.93. The average Bonchev–Trinajstić information content (AvgIpc) is 3.36. The SMILES string of the molecule is COc1ccc(C(=O)c2cc3c(o2)C[C@@H]2CC[C@@H]4[C@H](CC[C@]5(C)[C@@H](O)CC[C@@H]45)[C@@]2(C)C3)cc1. The molecule has 1 aromatic carbocycles. The van der Waals surface area contributed by atoms with Gasteiger partial charge in [0.15, 0.2) is 5.76 Å². The number of hydrogen-bond acceptors (Lipinski definition) is 4. The molecular formula is C29H36O4. The molecule has 1 aromatic heterocycles. The molecule has 4 aliphatic rings. The standard InChI is InChI=1S/C29H36O4/c1-28-13-12-23-21(22(28)10-11-26(28)30)9-6-19-15-24-18(16-29(19,23)2)14-25(33-24)27(31)17-4-7-20(32-3)8-5-17/h4-5,7-8,14,19,21-23,26,30H,6,9-13,15-16H2,1-3H3/t19-,21-,22-,23-,26-,28-,29-/m0/s1. The van der Waals surface area contributed by atoms with Crippen LogP contribution in [0.3, 0.4) is 0 Å². The maximum absolute atomic E-state index is 13.1. The van der Waals surface area contributed by atoms with Crippen molar-refractivity contribution in [1.29, 1.82) is 0 Å². The molecule has 33 heavy (non-hydrogen) atoms. The van der Waals surface area contributed by atoms with E-state index in [1.807, 2.05) is 30.3 Å². The molecular weight excluding hydrogens is 412 g/mol. The summed E-state index contributed by atoms with van der Waals surface area (Å²) in [5, 5.41) is 10.7. The van der Waals surface area contributed by atoms with E-state index in [-0.39, 0.29) is 22.7 Å². The number of furan rings is 1. The van der Waals surface area contributed by atoms with Gasteiger partial charge in [-0.2, -0.15) is 0 Å². The molecule has 1 N–H and O–H groups in total. The molecule has 1 heterocycles. The Bertz CT molecular complexity index is 1070. The molecule has 0 aliphatic heterocycles. The molecule has 3 fully saturated rings. The number of fused-ring (bicyclic) bond motifs is 6. The molecule has 0 unspecified atom stereocenters. The van der Waals surface area contributed by atoms with Crippen molar-refractivity contribution in [2.24, 2.45) is 34.5 Å². The van der Waals surface area contributed by atoms with Gasteiger partial charge >= 0.3 is 0 Å². The third-order valence-corrected chi connectivity index (χ3v) is 10.5. The molecule has 4 heteroatoms. The maximum atomic E-state index is 13.1. The number of ketones is 1. The van der Waals surface area contributed by atoms with E-state index in [2.05, 4.69) is 13.8 Å². The summed E-state index contributed by atoms with van der Waals surface area (Å²) in [6.07, 6.45) is 8.92. The number of methoxy groups -OCH3 is 1. The third-order valence-electron chi connectivity index (χ3n) is 10.5. The summed E-state index contributed by atoms with van der Waals surface area (Å²) in [6, 6.07) is 9.29. The monoisotopic (exact) mass is 448 g/mol. The first-order valence-electron chi connectivity index (χ1n) is 12.8. The predicted molar refractivity (Wildman–Crippen MR) is 126 cm³/mol. The highest BCUT2D eigenvalue weighted by molar-refractivity contribution is 6.07. The number of carbonyl (C=O) groups excluding carboxylic acids is 1. The molecule has 2 aromatic rings. The summed E-state index contributed by atoms with van der Waals surface area (Å²) in [4.78, 5) is 13.1. The highest BCUT2D eigenvalue weighted by Crippen LogP contribution is 2.65. The highest BCUT2D eigenvalue weighted by Gasteiger charge is 2.60. The van der Waals surface area contributed by atoms with E-state index in [9.17, 15) is 9.90 Å². The summed E-state index contributed by atoms with van der Waals surface area (Å²) < 4.78 is 11.4. The summed E-state index contributed by atoms with van der Waals surface area (Å²) in [5.41, 5.74) is 2.26. The van der Waals surface area contributed by atoms with Crippen molar-refractivity contribution in [2.45, 2.75) is 71.3 Å². The van der Waals surface area contributed by atoms with Crippen LogP contribution in [0, 0.1) is 34.5 Å². The third kappa shape index (κ3) is 3.09. The van der Waals surface area contributed by atoms with Crippen molar-refractivity contribution in [3.63, 3.8) is 0 Å². The number of aliphatic hydroxyl groups is 1. The first-order valence-corrected chi connectivity index (χ1v) is 12.8. The van der Waals surface area contributed by atoms with E-state index < -0.39 is 0 Å². The van der Waals surface area contributed by atoms with Gasteiger partial charge < -0.3 is 14.3 Å². The van der Waals surface area contributed by atoms with E-state index >= 15 is 0 Å². The van der Waals surface area contributed by atoms with Crippen LogP contribution in [-0.4, -0.2) is 24.1 Å². The zero-order chi connectivity index (χ0) is 23.0. The zero-order valence-corrected chi connectivity index (χ0v) is 20.1. The van der Waals surface area contributed by atoms with Crippen LogP contribution in [0.4, 0.5) is 0 Å². The number of hydrogen-bond donors (Lipinski definition) is 1. The second kappa shape index (κ2) is 7.46. The molecule has 0 amide bonds. The van der Waals surface area contributed by atoms with Crippen LogP contribution in [0.25, 0.3) is 0 Å². The molecule has 0 radical (unpaired) electrons. The van der Waals surface area contributed by atoms with Crippen LogP contribution < -0.4 is 4.74 Å². The van der Waals surface area contributed by atoms with Gasteiger partial charge in [0.2, 0.25) is 5.78 Å². The number of aliphatic hydroxyl groups excluding tert-OH is 1. The summed E-state index contributed by atoms with van der Waals surface area (Å²) >= 11 is 0. The second-order valence-corrected chi connectivity index (χ2v) is 11.8. The summed E-state index contributed by atoms with van der Waals surface area (Å²) in [6.45, 7) is 4.87. The van der Waals surface area contributed by atoms with Gasteiger partial charge in [-0.05, 0) is 115 Å². The fraction of sp³-hybridized carbons (Fsp3) is 0.621. The van der Waals surface area contributed by atoms with Crippen LogP contribution in [0.15, 0.2) is 34.7 Å². The first-order chi connectivity index (χ1) is 15.8. The molecule has 7 atom stereocenters. The highest BCUT2D eigenvalue weighted by atomic mass is 16.5. The minimum Gasteiger partial charge on any atom is -0.497 e. The van der Waals surface area contributed by atoms with Crippen molar-refractivity contribution in [3.8, 4) is 5.75 Å². The first kappa shape index (κ1) is 21.5. The van der Waals surface area contributed by atoms with Crippen molar-refractivity contribution in [2.75, 3.05) is 7.11 Å². The van der Waals surface area contributed by atoms with Crippen molar-refractivity contribution in [3.05, 3.63) is 53.0 Å². The van der Waals surface area contributed by atoms with Gasteiger partial charge in [0, 0.05) is 12.0 Å². The number of benzene rings is 1. The molecule has 4 aliphatic carbocycles. The minimum atomic E-state index is -0.118. The van der Waals surface area contributed by atoms with E-state index in [1.165, 1.54) is 31.2 Å². The van der Waals surface area contributed by atoms with Gasteiger partial charge in [0.25, 0.3) is 0 Å². The van der Waals surface area contributed by atoms with E-state index in [1.54, 1.807) is 7.11 Å². The fourth-order valence-corrected chi connectivity index (χ4v) is 8.54. The van der Waals surface area contributed by atoms with Crippen LogP contribution >= 0.6 is 0 Å². The Morgan fingerprint density at radius 1 is 1.03 bits per heavy atom. The Labute approximate surface area is 196 Å². The molecule has 3 saturated carbocycles. The van der Waals surface area contributed by atoms with E-state index in [4.69, 9.17) is 9.15 Å². The fourth-order valence-electron chi connectivity index (χ4n) is 8.54. The number of rotatable bonds is 3. The van der Waals surface area contributed by atoms with Gasteiger partial charge in [0.05, 0.1) is 13.2 Å². The Morgan fingerprint density at radius 3 is 2.55 bits per heavy atom. The van der Waals surface area contributed by atoms with Crippen molar-refractivity contribution in [1.82, 2.24) is 0 Å². The normalized spacial score (nSPS) is 39.2. The lowest BCUT2D eigenvalue weighted by atomic mass is 9.45. The Morgan fingerprint density at radius 2 is 1.79 bits per heavy atom. The van der Waals surface area contributed by atoms with Crippen molar-refractivity contribution >= 4 is 5.78 Å². The van der Waals surface area contributed by atoms with Gasteiger partial charge in [-0.3, -0.25) is 4.79 Å². The lowest BCUT2D eigenvalue weighted by Gasteiger charge is -2.59. The van der Waals surface area contributed by atoms with Crippen molar-refractivity contribution < 1.29 is 19.1 Å². The minimum absolute atomic E-state index is 0.0496. The molecule has 0 bridgehead atoms. The Hall–Kier alpha value is -2.07. The smallest absolute Gasteiger partial charge is 0.228 e. The van der Waals surface area contributed by atoms with Gasteiger partial charge in [-0.25, -0.2) is 0 Å². The molecule has 6 rings (SSSR count). The quantitative estimate of drug-likeness (QED) is 0.600. The summed E-state index contributed by atoms with van der Waals surface area (Å²) in [7, 11) is 1.63. The van der Waals surface area contributed by atoms with E-state index in [0.717, 1.165) is 43.1 Å². The predicted octanol–water partition coefficient (Wildman–Crippen LogP) is 5.84. The lowest BCUT2D eigenvalue weighted by molar-refractivity contribution is -0.112. The molecule has 4 nitrogen and oxygen atoms in total. The maximum Gasteiger partial charge on any atom is 0.228 e. The second-order valence-electron chi connectivity index (χ2n) is 11.8. The Balaban J connectivity index is 1.27. The van der Waals surface area contributed by atoms with Crippen LogP contribution in [-0.2, 0) is 12.8 Å². The number of ether oxygens (including phenoxy) is 1. The topological polar surface area (TPSA) is 59.7 Å². The molecule has 176 valence electrons.